The summed E-state index contributed by atoms with van der Waals surface area (Å²) in [5, 5.41) is 0. The fraction of sp³-hybridized carbons (Fsp3) is 0.500. The molecule has 0 unspecified atom stereocenters. The van der Waals surface area contributed by atoms with Gasteiger partial charge in [-0.3, -0.25) is 4.79 Å². The molecule has 0 aromatic rings. The number of unbranched alkanes of at least 4 members (excludes halogenated alkanes) is 1. The molecule has 0 aromatic carbocycles. The van der Waals surface area contributed by atoms with Crippen LogP contribution >= 0.6 is 0 Å². The monoisotopic (exact) mass is 258 g/mol. The third-order valence-corrected chi connectivity index (χ3v) is 2.86. The highest BCUT2D eigenvalue weighted by Gasteiger charge is 1.95. The van der Waals surface area contributed by atoms with E-state index in [1.165, 1.54) is 11.1 Å². The zero-order valence-corrected chi connectivity index (χ0v) is 12.5. The average molecular weight is 258 g/mol. The molecule has 0 N–H and O–H groups in total. The van der Waals surface area contributed by atoms with Gasteiger partial charge in [0.25, 0.3) is 0 Å². The van der Waals surface area contributed by atoms with Gasteiger partial charge in [-0.2, -0.15) is 0 Å². The first kappa shape index (κ1) is 17.4. The van der Waals surface area contributed by atoms with Crippen LogP contribution in [0.25, 0.3) is 0 Å². The number of terminal acetylenes is 1. The maximum atomic E-state index is 10.9. The van der Waals surface area contributed by atoms with Gasteiger partial charge in [-0.25, -0.2) is 0 Å². The maximum absolute atomic E-state index is 10.9. The molecule has 0 bridgehead atoms. The van der Waals surface area contributed by atoms with Crippen molar-refractivity contribution in [2.24, 2.45) is 0 Å². The van der Waals surface area contributed by atoms with E-state index >= 15 is 0 Å². The maximum Gasteiger partial charge on any atom is 0.145 e. The molecule has 1 nitrogen and oxygen atoms in total. The van der Waals surface area contributed by atoms with Gasteiger partial charge in [0.2, 0.25) is 0 Å². The summed E-state index contributed by atoms with van der Waals surface area (Å²) in [4.78, 5) is 10.9. The molecule has 0 aromatic heterocycles. The van der Waals surface area contributed by atoms with Gasteiger partial charge in [0, 0.05) is 6.42 Å². The molecular weight excluding hydrogens is 232 g/mol. The van der Waals surface area contributed by atoms with Gasteiger partial charge in [0.1, 0.15) is 6.29 Å². The number of carbonyl (C=O) groups is 1. The van der Waals surface area contributed by atoms with Gasteiger partial charge in [-0.1, -0.05) is 29.4 Å². The smallest absolute Gasteiger partial charge is 0.145 e. The molecule has 0 saturated heterocycles. The molecule has 104 valence electrons. The van der Waals surface area contributed by atoms with Crippen LogP contribution in [0.3, 0.4) is 0 Å². The van der Waals surface area contributed by atoms with Gasteiger partial charge >= 0.3 is 0 Å². The predicted octanol–water partition coefficient (Wildman–Crippen LogP) is 5.00. The Morgan fingerprint density at radius 2 is 1.68 bits per heavy atom. The molecule has 1 heteroatoms. The largest absolute Gasteiger partial charge is 0.298 e. The molecule has 0 saturated carbocycles. The summed E-state index contributed by atoms with van der Waals surface area (Å²) < 4.78 is 0. The van der Waals surface area contributed by atoms with Crippen LogP contribution in [0.15, 0.2) is 34.9 Å². The fourth-order valence-corrected chi connectivity index (χ4v) is 1.73. The molecule has 0 heterocycles. The van der Waals surface area contributed by atoms with Crippen LogP contribution in [0, 0.1) is 12.3 Å². The molecule has 0 atom stereocenters. The molecule has 0 fully saturated rings. The molecule has 0 radical (unpaired) electrons. The molecule has 0 aliphatic rings. The van der Waals surface area contributed by atoms with E-state index in [0.717, 1.165) is 44.0 Å². The molecule has 0 amide bonds. The highest BCUT2D eigenvalue weighted by Crippen LogP contribution is 2.11. The summed E-state index contributed by atoms with van der Waals surface area (Å²) in [7, 11) is 0. The van der Waals surface area contributed by atoms with Gasteiger partial charge in [0.05, 0.1) is 0 Å². The highest BCUT2D eigenvalue weighted by atomic mass is 16.1. The molecule has 0 spiro atoms. The molecule has 0 rings (SSSR count). The quantitative estimate of drug-likeness (QED) is 0.187. The minimum atomic E-state index is 0.703. The number of hydrogen-bond acceptors (Lipinski definition) is 1. The van der Waals surface area contributed by atoms with Crippen LogP contribution in [-0.2, 0) is 4.79 Å². The van der Waals surface area contributed by atoms with Crippen molar-refractivity contribution < 1.29 is 4.79 Å². The summed E-state index contributed by atoms with van der Waals surface area (Å²) in [6.45, 7) is 6.40. The molecule has 0 aliphatic carbocycles. The van der Waals surface area contributed by atoms with Crippen LogP contribution in [0.4, 0.5) is 0 Å². The lowest BCUT2D eigenvalue weighted by Crippen LogP contribution is -1.86. The van der Waals surface area contributed by atoms with Gasteiger partial charge in [-0.05, 0) is 58.4 Å². The summed E-state index contributed by atoms with van der Waals surface area (Å²) in [6, 6.07) is 0. The minimum Gasteiger partial charge on any atom is -0.298 e. The van der Waals surface area contributed by atoms with Gasteiger partial charge in [-0.15, -0.1) is 12.3 Å². The topological polar surface area (TPSA) is 17.1 Å². The second-order valence-electron chi connectivity index (χ2n) is 5.05. The number of aldehydes is 1. The van der Waals surface area contributed by atoms with Crippen LogP contribution < -0.4 is 0 Å². The van der Waals surface area contributed by atoms with Crippen molar-refractivity contribution in [2.75, 3.05) is 0 Å². The number of hydrogen-bond donors (Lipinski definition) is 0. The van der Waals surface area contributed by atoms with Crippen LogP contribution in [0.2, 0.25) is 0 Å². The Hall–Kier alpha value is -1.55. The predicted molar refractivity (Wildman–Crippen MR) is 83.9 cm³/mol. The summed E-state index contributed by atoms with van der Waals surface area (Å²) in [5.74, 6) is 2.58. The van der Waals surface area contributed by atoms with Gasteiger partial charge < -0.3 is 0 Å². The van der Waals surface area contributed by atoms with E-state index in [1.807, 2.05) is 6.08 Å². The molecule has 19 heavy (non-hydrogen) atoms. The van der Waals surface area contributed by atoms with Crippen molar-refractivity contribution in [3.63, 3.8) is 0 Å². The Kier molecular flexibility index (Phi) is 10.6. The second kappa shape index (κ2) is 11.5. The standard InChI is InChI=1S/C18H26O/c1-5-6-7-13-18(15-19)14-9-12-17(4)11-8-10-16(2)3/h1,10,12-13,15H,6-9,11,14H2,2-4H3/b17-12+,18-13-. The van der Waals surface area contributed by atoms with Crippen LogP contribution in [0.1, 0.15) is 59.3 Å². The molecule has 0 aliphatic heterocycles. The minimum absolute atomic E-state index is 0.703. The van der Waals surface area contributed by atoms with E-state index in [4.69, 9.17) is 6.42 Å². The zero-order chi connectivity index (χ0) is 14.5. The first-order valence-corrected chi connectivity index (χ1v) is 6.96. The van der Waals surface area contributed by atoms with E-state index in [2.05, 4.69) is 38.8 Å². The third kappa shape index (κ3) is 11.3. The van der Waals surface area contributed by atoms with Crippen molar-refractivity contribution in [1.29, 1.82) is 0 Å². The average Bonchev–Trinajstić information content (AvgIpc) is 2.36. The third-order valence-electron chi connectivity index (χ3n) is 2.86. The second-order valence-corrected chi connectivity index (χ2v) is 5.05. The van der Waals surface area contributed by atoms with E-state index in [0.29, 0.717) is 6.42 Å². The van der Waals surface area contributed by atoms with Crippen molar-refractivity contribution in [3.05, 3.63) is 34.9 Å². The van der Waals surface area contributed by atoms with Crippen LogP contribution in [-0.4, -0.2) is 6.29 Å². The lowest BCUT2D eigenvalue weighted by atomic mass is 10.1. The number of allylic oxidation sites excluding steroid dienone is 6. The van der Waals surface area contributed by atoms with Crippen molar-refractivity contribution in [2.45, 2.75) is 59.3 Å². The fourth-order valence-electron chi connectivity index (χ4n) is 1.73. The van der Waals surface area contributed by atoms with E-state index in [-0.39, 0.29) is 0 Å². The van der Waals surface area contributed by atoms with Crippen molar-refractivity contribution in [1.82, 2.24) is 0 Å². The first-order chi connectivity index (χ1) is 9.10. The number of carbonyl (C=O) groups excluding carboxylic acids is 1. The summed E-state index contributed by atoms with van der Waals surface area (Å²) >= 11 is 0. The van der Waals surface area contributed by atoms with Gasteiger partial charge in [0.15, 0.2) is 0 Å². The highest BCUT2D eigenvalue weighted by molar-refractivity contribution is 5.73. The Balaban J connectivity index is 4.03. The Bertz CT molecular complexity index is 384. The van der Waals surface area contributed by atoms with Crippen molar-refractivity contribution in [3.8, 4) is 12.3 Å². The Morgan fingerprint density at radius 3 is 2.26 bits per heavy atom. The first-order valence-electron chi connectivity index (χ1n) is 6.96. The van der Waals surface area contributed by atoms with E-state index in [1.54, 1.807) is 0 Å². The summed E-state index contributed by atoms with van der Waals surface area (Å²) in [5.41, 5.74) is 3.63. The zero-order valence-electron chi connectivity index (χ0n) is 12.5. The molecular formula is C18H26O. The SMILES string of the molecule is C#CCC/C=C(\C=O)CC/C=C(\C)CCC=C(C)C. The Morgan fingerprint density at radius 1 is 1.00 bits per heavy atom. The number of rotatable bonds is 9. The summed E-state index contributed by atoms with van der Waals surface area (Å²) in [6.07, 6.45) is 18.0. The lowest BCUT2D eigenvalue weighted by molar-refractivity contribution is -0.105. The lowest BCUT2D eigenvalue weighted by Gasteiger charge is -2.00. The van der Waals surface area contributed by atoms with E-state index in [9.17, 15) is 4.79 Å². The normalized spacial score (nSPS) is 11.9. The Labute approximate surface area is 118 Å². The van der Waals surface area contributed by atoms with Crippen molar-refractivity contribution >= 4 is 6.29 Å². The van der Waals surface area contributed by atoms with E-state index < -0.39 is 0 Å². The van der Waals surface area contributed by atoms with Crippen LogP contribution in [0.5, 0.6) is 0 Å².